The van der Waals surface area contributed by atoms with Crippen molar-refractivity contribution in [3.8, 4) is 0 Å². The van der Waals surface area contributed by atoms with Gasteiger partial charge >= 0.3 is 25.0 Å². The summed E-state index contributed by atoms with van der Waals surface area (Å²) in [5, 5.41) is 1.35. The Labute approximate surface area is 97.3 Å². The summed E-state index contributed by atoms with van der Waals surface area (Å²) >= 11 is 0. The minimum absolute atomic E-state index is 0. The predicted molar refractivity (Wildman–Crippen MR) is 47.8 cm³/mol. The van der Waals surface area contributed by atoms with Crippen LogP contribution in [-0.4, -0.2) is 0 Å². The second kappa shape index (κ2) is 4.30. The number of halogens is 3. The van der Waals surface area contributed by atoms with E-state index in [-0.39, 0.29) is 18.9 Å². The predicted octanol–water partition coefficient (Wildman–Crippen LogP) is 0.663. The fourth-order valence-electron chi connectivity index (χ4n) is 1.30. The smallest absolute Gasteiger partial charge is 0.183 e. The van der Waals surface area contributed by atoms with E-state index < -0.39 is 11.7 Å². The van der Waals surface area contributed by atoms with Gasteiger partial charge in [0.1, 0.15) is 0 Å². The molecule has 0 N–H and O–H groups in total. The molecule has 0 aliphatic heterocycles. The average molecular weight is 202 g/mol. The summed E-state index contributed by atoms with van der Waals surface area (Å²) < 4.78 is 36.9. The molecular formula is C11H6F3Li. The van der Waals surface area contributed by atoms with Crippen molar-refractivity contribution >= 4 is 10.8 Å². The van der Waals surface area contributed by atoms with Gasteiger partial charge in [-0.05, 0) is 0 Å². The Morgan fingerprint density at radius 1 is 1.00 bits per heavy atom. The number of alkyl halides is 3. The van der Waals surface area contributed by atoms with Crippen LogP contribution in [0, 0.1) is 6.07 Å². The first-order valence-corrected chi connectivity index (χ1v) is 4.04. The van der Waals surface area contributed by atoms with Gasteiger partial charge in [-0.1, -0.05) is 12.1 Å². The fraction of sp³-hybridized carbons (Fsp3) is 0.0909. The van der Waals surface area contributed by atoms with E-state index in [1.807, 2.05) is 0 Å². The van der Waals surface area contributed by atoms with Crippen LogP contribution in [0.2, 0.25) is 0 Å². The minimum atomic E-state index is -4.27. The maximum absolute atomic E-state index is 12.3. The molecule has 0 bridgehead atoms. The van der Waals surface area contributed by atoms with Crippen molar-refractivity contribution in [3.05, 3.63) is 48.0 Å². The molecule has 4 heteroatoms. The summed E-state index contributed by atoms with van der Waals surface area (Å²) in [6.45, 7) is 0. The summed E-state index contributed by atoms with van der Waals surface area (Å²) in [7, 11) is 0. The van der Waals surface area contributed by atoms with Crippen LogP contribution in [0.5, 0.6) is 0 Å². The van der Waals surface area contributed by atoms with Gasteiger partial charge in [-0.15, -0.1) is 16.8 Å². The van der Waals surface area contributed by atoms with Gasteiger partial charge in [0.05, 0.1) is 5.56 Å². The normalized spacial score (nSPS) is 11.1. The van der Waals surface area contributed by atoms with Crippen LogP contribution < -0.4 is 18.9 Å². The zero-order valence-corrected chi connectivity index (χ0v) is 8.10. The molecule has 0 nitrogen and oxygen atoms in total. The summed E-state index contributed by atoms with van der Waals surface area (Å²) in [5.74, 6) is 0. The van der Waals surface area contributed by atoms with Crippen LogP contribution in [0.4, 0.5) is 13.2 Å². The Kier molecular flexibility index (Phi) is 3.49. The molecule has 0 radical (unpaired) electrons. The van der Waals surface area contributed by atoms with Crippen molar-refractivity contribution in [2.75, 3.05) is 0 Å². The molecule has 0 aromatic heterocycles. The average Bonchev–Trinajstić information content (AvgIpc) is 2.16. The molecule has 2 aromatic rings. The number of hydrogen-bond donors (Lipinski definition) is 0. The molecule has 15 heavy (non-hydrogen) atoms. The van der Waals surface area contributed by atoms with Gasteiger partial charge in [-0.2, -0.15) is 37.4 Å². The van der Waals surface area contributed by atoms with Gasteiger partial charge < -0.3 is 0 Å². The first-order chi connectivity index (χ1) is 6.57. The second-order valence-corrected chi connectivity index (χ2v) is 2.99. The molecule has 2 rings (SSSR count). The zero-order valence-electron chi connectivity index (χ0n) is 8.10. The molecule has 0 aliphatic carbocycles. The first kappa shape index (κ1) is 12.2. The molecule has 0 saturated carbocycles. The molecule has 0 amide bonds. The molecular weight excluding hydrogens is 196 g/mol. The van der Waals surface area contributed by atoms with Crippen molar-refractivity contribution in [3.63, 3.8) is 0 Å². The van der Waals surface area contributed by atoms with E-state index in [1.165, 1.54) is 6.07 Å². The summed E-state index contributed by atoms with van der Waals surface area (Å²) in [6, 6.07) is 11.4. The topological polar surface area (TPSA) is 0 Å². The van der Waals surface area contributed by atoms with E-state index in [4.69, 9.17) is 0 Å². The van der Waals surface area contributed by atoms with Crippen LogP contribution >= 0.6 is 0 Å². The Morgan fingerprint density at radius 2 is 1.73 bits per heavy atom. The summed E-state index contributed by atoms with van der Waals surface area (Å²) in [6.07, 6.45) is -4.27. The standard InChI is InChI=1S/C11H6F3.Li/c12-11(13,14)10-6-5-8-3-1-2-4-9(8)7-10;/h2-7H;/q-1;+1. The SMILES string of the molecule is FC(F)(F)c1ccc2c[c-]ccc2c1.[Li+]. The molecule has 2 aromatic carbocycles. The Bertz CT molecular complexity index is 463. The summed E-state index contributed by atoms with van der Waals surface area (Å²) in [5.41, 5.74) is -0.615. The van der Waals surface area contributed by atoms with Gasteiger partial charge in [-0.3, -0.25) is 0 Å². The quantitative estimate of drug-likeness (QED) is 0.435. The number of rotatable bonds is 0. The van der Waals surface area contributed by atoms with E-state index >= 15 is 0 Å². The third-order valence-electron chi connectivity index (χ3n) is 2.01. The molecule has 0 heterocycles. The Morgan fingerprint density at radius 3 is 2.40 bits per heavy atom. The van der Waals surface area contributed by atoms with Gasteiger partial charge in [0.25, 0.3) is 0 Å². The number of fused-ring (bicyclic) bond motifs is 1. The monoisotopic (exact) mass is 202 g/mol. The largest absolute Gasteiger partial charge is 1.00 e. The van der Waals surface area contributed by atoms with E-state index in [0.717, 1.165) is 17.5 Å². The van der Waals surface area contributed by atoms with Crippen molar-refractivity contribution in [1.82, 2.24) is 0 Å². The van der Waals surface area contributed by atoms with E-state index in [1.54, 1.807) is 18.2 Å². The molecule has 0 unspecified atom stereocenters. The number of benzene rings is 2. The van der Waals surface area contributed by atoms with Crippen LogP contribution in [0.25, 0.3) is 10.8 Å². The van der Waals surface area contributed by atoms with Crippen molar-refractivity contribution in [2.24, 2.45) is 0 Å². The van der Waals surface area contributed by atoms with Crippen LogP contribution in [0.3, 0.4) is 0 Å². The second-order valence-electron chi connectivity index (χ2n) is 2.99. The molecule has 0 fully saturated rings. The molecule has 0 aliphatic rings. The van der Waals surface area contributed by atoms with Crippen molar-refractivity contribution in [1.29, 1.82) is 0 Å². The molecule has 0 atom stereocenters. The third kappa shape index (κ3) is 2.56. The molecule has 0 spiro atoms. The Hall–Kier alpha value is -0.913. The Balaban J connectivity index is 0.00000112. The van der Waals surface area contributed by atoms with Gasteiger partial charge in [0.15, 0.2) is 0 Å². The van der Waals surface area contributed by atoms with Crippen LogP contribution in [0.1, 0.15) is 5.56 Å². The van der Waals surface area contributed by atoms with E-state index in [9.17, 15) is 13.2 Å². The van der Waals surface area contributed by atoms with Gasteiger partial charge in [0, 0.05) is 0 Å². The van der Waals surface area contributed by atoms with Crippen molar-refractivity contribution < 1.29 is 32.0 Å². The summed E-state index contributed by atoms with van der Waals surface area (Å²) in [4.78, 5) is 0. The van der Waals surface area contributed by atoms with Crippen LogP contribution in [0.15, 0.2) is 36.4 Å². The van der Waals surface area contributed by atoms with E-state index in [0.29, 0.717) is 5.39 Å². The maximum atomic E-state index is 12.3. The molecule has 0 saturated heterocycles. The maximum Gasteiger partial charge on any atom is 1.00 e. The zero-order chi connectivity index (χ0) is 10.2. The van der Waals surface area contributed by atoms with Gasteiger partial charge in [0.2, 0.25) is 0 Å². The first-order valence-electron chi connectivity index (χ1n) is 4.04. The number of hydrogen-bond acceptors (Lipinski definition) is 0. The van der Waals surface area contributed by atoms with Gasteiger partial charge in [-0.25, -0.2) is 0 Å². The fourth-order valence-corrected chi connectivity index (χ4v) is 1.30. The van der Waals surface area contributed by atoms with Crippen molar-refractivity contribution in [2.45, 2.75) is 6.18 Å². The third-order valence-corrected chi connectivity index (χ3v) is 2.01. The minimum Gasteiger partial charge on any atom is -0.183 e. The van der Waals surface area contributed by atoms with Crippen LogP contribution in [-0.2, 0) is 6.18 Å². The van der Waals surface area contributed by atoms with E-state index in [2.05, 4.69) is 6.07 Å². The molecule has 72 valence electrons.